The summed E-state index contributed by atoms with van der Waals surface area (Å²) >= 11 is -2.68. The first kappa shape index (κ1) is 48.4. The fourth-order valence-corrected chi connectivity index (χ4v) is 32.0. The van der Waals surface area contributed by atoms with Gasteiger partial charge in [0.2, 0.25) is 0 Å². The zero-order valence-corrected chi connectivity index (χ0v) is 42.2. The third-order valence-corrected chi connectivity index (χ3v) is 40.2. The monoisotopic (exact) mass is 869 g/mol. The van der Waals surface area contributed by atoms with Crippen LogP contribution in [0.25, 0.3) is 0 Å². The van der Waals surface area contributed by atoms with Crippen LogP contribution >= 0.6 is 0 Å². The van der Waals surface area contributed by atoms with Crippen LogP contribution in [0.3, 0.4) is 0 Å². The minimum absolute atomic E-state index is 0.0546. The summed E-state index contributed by atoms with van der Waals surface area (Å²) in [6.07, 6.45) is 17.7. The second-order valence-electron chi connectivity index (χ2n) is 19.3. The SMILES string of the molecule is C=C1C[C@@H]([C@H]2O[C@H]2[C@H](C[C](=C)[Sn]([CH2]CCC)([CH2]CCC)[CH2]CCC)O[Si](C(C)C)(C(C)C)C(C)C)O[C@H]1CC[C@@H](C/C=C/C)O[Si](C)(C)C(C)(C)C. The summed E-state index contributed by atoms with van der Waals surface area (Å²) in [6, 6.07) is 0. The topological polar surface area (TPSA) is 40.2 Å². The Morgan fingerprint density at radius 1 is 0.885 bits per heavy atom. The first-order valence-corrected chi connectivity index (χ1v) is 34.4. The van der Waals surface area contributed by atoms with Gasteiger partial charge in [0.25, 0.3) is 0 Å². The number of hydrogen-bond donors (Lipinski definition) is 0. The Hall–Kier alpha value is 0.292. The van der Waals surface area contributed by atoms with Crippen LogP contribution in [0.5, 0.6) is 0 Å². The molecule has 4 nitrogen and oxygen atoms in total. The molecule has 2 saturated heterocycles. The van der Waals surface area contributed by atoms with Gasteiger partial charge in [0.1, 0.15) is 0 Å². The van der Waals surface area contributed by atoms with Crippen LogP contribution in [0.1, 0.15) is 161 Å². The van der Waals surface area contributed by atoms with Crippen molar-refractivity contribution in [2.75, 3.05) is 0 Å². The van der Waals surface area contributed by atoms with Crippen molar-refractivity contribution in [3.05, 3.63) is 34.5 Å². The molecule has 0 amide bonds. The second-order valence-corrected chi connectivity index (χ2v) is 43.1. The normalized spacial score (nSPS) is 23.1. The van der Waals surface area contributed by atoms with E-state index in [0.29, 0.717) is 16.6 Å². The molecule has 2 rings (SSSR count). The van der Waals surface area contributed by atoms with Crippen molar-refractivity contribution in [2.45, 2.75) is 245 Å². The number of allylic oxidation sites excluding steroid dienone is 1. The molecule has 0 unspecified atom stereocenters. The fraction of sp³-hybridized carbons (Fsp3) is 0.867. The van der Waals surface area contributed by atoms with Crippen molar-refractivity contribution in [3.8, 4) is 0 Å². The molecule has 0 radical (unpaired) electrons. The van der Waals surface area contributed by atoms with Crippen molar-refractivity contribution in [1.29, 1.82) is 0 Å². The van der Waals surface area contributed by atoms with E-state index in [1.165, 1.54) is 57.4 Å². The number of unbranched alkanes of at least 4 members (excludes halogenated alkanes) is 3. The fourth-order valence-electron chi connectivity index (χ4n) is 9.19. The molecule has 2 aliphatic heterocycles. The molecular weight excluding hydrogens is 779 g/mol. The van der Waals surface area contributed by atoms with Crippen LogP contribution in [0.4, 0.5) is 0 Å². The predicted octanol–water partition coefficient (Wildman–Crippen LogP) is 14.5. The van der Waals surface area contributed by atoms with Crippen LogP contribution in [-0.4, -0.2) is 71.6 Å². The van der Waals surface area contributed by atoms with Crippen LogP contribution in [-0.2, 0) is 18.3 Å². The van der Waals surface area contributed by atoms with E-state index in [0.717, 1.165) is 32.1 Å². The molecule has 52 heavy (non-hydrogen) atoms. The Bertz CT molecular complexity index is 1070. The minimum Gasteiger partial charge on any atom is -0.0916 e. The van der Waals surface area contributed by atoms with Crippen molar-refractivity contribution in [3.63, 3.8) is 0 Å². The minimum atomic E-state index is -2.68. The molecule has 0 aliphatic carbocycles. The predicted molar refractivity (Wildman–Crippen MR) is 236 cm³/mol. The van der Waals surface area contributed by atoms with E-state index in [1.807, 2.05) is 0 Å². The summed E-state index contributed by atoms with van der Waals surface area (Å²) < 4.78 is 34.3. The second kappa shape index (κ2) is 21.7. The van der Waals surface area contributed by atoms with Gasteiger partial charge in [-0.1, -0.05) is 32.9 Å². The average molecular weight is 868 g/mol. The molecule has 0 bridgehead atoms. The van der Waals surface area contributed by atoms with Crippen molar-refractivity contribution >= 4 is 35.0 Å². The van der Waals surface area contributed by atoms with Crippen LogP contribution in [0.15, 0.2) is 34.5 Å². The maximum atomic E-state index is 7.75. The molecule has 0 aromatic carbocycles. The third-order valence-electron chi connectivity index (χ3n) is 13.5. The van der Waals surface area contributed by atoms with E-state index in [9.17, 15) is 0 Å². The average Bonchev–Trinajstić information content (AvgIpc) is 3.77. The van der Waals surface area contributed by atoms with Gasteiger partial charge < -0.3 is 0 Å². The van der Waals surface area contributed by atoms with Gasteiger partial charge in [-0.3, -0.25) is 0 Å². The Morgan fingerprint density at radius 3 is 1.85 bits per heavy atom. The van der Waals surface area contributed by atoms with Crippen molar-refractivity contribution in [1.82, 2.24) is 0 Å². The van der Waals surface area contributed by atoms with E-state index in [1.54, 1.807) is 3.59 Å². The molecule has 0 spiro atoms. The molecule has 0 N–H and O–H groups in total. The summed E-state index contributed by atoms with van der Waals surface area (Å²) in [6.45, 7) is 45.1. The summed E-state index contributed by atoms with van der Waals surface area (Å²) in [4.78, 5) is 0. The van der Waals surface area contributed by atoms with Crippen LogP contribution in [0, 0.1) is 0 Å². The number of epoxide rings is 1. The summed E-state index contributed by atoms with van der Waals surface area (Å²) in [5.74, 6) is 0. The van der Waals surface area contributed by atoms with Crippen LogP contribution in [0.2, 0.25) is 48.1 Å². The Morgan fingerprint density at radius 2 is 1.40 bits per heavy atom. The van der Waals surface area contributed by atoms with E-state index in [4.69, 9.17) is 24.9 Å². The van der Waals surface area contributed by atoms with Gasteiger partial charge in [-0.05, 0) is 25.1 Å². The maximum absolute atomic E-state index is 7.75. The smallest absolute Gasteiger partial charge is 0.0916 e. The van der Waals surface area contributed by atoms with Gasteiger partial charge in [-0.15, -0.1) is 0 Å². The molecule has 2 aliphatic rings. The van der Waals surface area contributed by atoms with Crippen molar-refractivity contribution < 1.29 is 18.3 Å². The molecule has 0 saturated carbocycles. The number of rotatable bonds is 26. The quantitative estimate of drug-likeness (QED) is 0.0493. The zero-order chi connectivity index (χ0) is 39.5. The standard InChI is InChI=1S/C33H61O4Si2.3C4H9.Sn/c1-15-17-19-27(36-38(13,14)33(10,11)12)20-21-28-26(9)22-30(34-28)32-31(35-32)29(18-16-2)37-39(23(3)4,24(5)6)25(7)8;3*1-3-4-2;/h15,17,23-25,27-32H,2,9,18-22H2,1,3-8,10-14H3;3*1,3-4H2,2H3;/b17-15+;;;;/t27-,28+,29+,30+,31+,32-;;;;/m1..../s1. The number of hydrogen-bond acceptors (Lipinski definition) is 4. The zero-order valence-electron chi connectivity index (χ0n) is 37.3. The number of ether oxygens (including phenoxy) is 2. The molecule has 6 atom stereocenters. The van der Waals surface area contributed by atoms with Gasteiger partial charge in [0, 0.05) is 0 Å². The van der Waals surface area contributed by atoms with E-state index in [-0.39, 0.29) is 41.7 Å². The summed E-state index contributed by atoms with van der Waals surface area (Å²) in [5.41, 5.74) is 2.82. The van der Waals surface area contributed by atoms with E-state index >= 15 is 0 Å². The molecular formula is C45H88O4Si2Sn. The molecule has 304 valence electrons. The molecule has 0 aromatic rings. The first-order valence-electron chi connectivity index (χ1n) is 21.9. The van der Waals surface area contributed by atoms with Crippen molar-refractivity contribution in [2.24, 2.45) is 0 Å². The van der Waals surface area contributed by atoms with E-state index < -0.39 is 35.0 Å². The van der Waals surface area contributed by atoms with Gasteiger partial charge in [-0.2, -0.15) is 0 Å². The summed E-state index contributed by atoms with van der Waals surface area (Å²) in [7, 11) is -4.03. The Labute approximate surface area is 331 Å². The molecule has 7 heteroatoms. The van der Waals surface area contributed by atoms with Gasteiger partial charge in [0.15, 0.2) is 8.32 Å². The Balaban J connectivity index is 2.35. The molecule has 0 aromatic heterocycles. The van der Waals surface area contributed by atoms with E-state index in [2.05, 4.69) is 122 Å². The third kappa shape index (κ3) is 12.9. The van der Waals surface area contributed by atoms with Gasteiger partial charge >= 0.3 is 267 Å². The van der Waals surface area contributed by atoms with Gasteiger partial charge in [0.05, 0.1) is 0 Å². The first-order chi connectivity index (χ1) is 24.3. The molecule has 2 heterocycles. The molecule has 2 fully saturated rings. The van der Waals surface area contributed by atoms with Crippen LogP contribution < -0.4 is 0 Å². The Kier molecular flexibility index (Phi) is 20.2. The van der Waals surface area contributed by atoms with Gasteiger partial charge in [-0.25, -0.2) is 0 Å². The summed E-state index contributed by atoms with van der Waals surface area (Å²) in [5, 5.41) is 0.189.